The molecule has 0 spiro atoms. The van der Waals surface area contributed by atoms with Gasteiger partial charge in [-0.3, -0.25) is 0 Å². The molecule has 0 fully saturated rings. The van der Waals surface area contributed by atoms with E-state index in [0.29, 0.717) is 11.3 Å². The Morgan fingerprint density at radius 2 is 1.88 bits per heavy atom. The first-order valence-electron chi connectivity index (χ1n) is 7.19. The number of alkyl halides is 3. The second kappa shape index (κ2) is 7.19. The van der Waals surface area contributed by atoms with Crippen LogP contribution in [0, 0.1) is 0 Å². The van der Waals surface area contributed by atoms with Crippen molar-refractivity contribution in [3.8, 4) is 5.75 Å². The lowest BCUT2D eigenvalue weighted by Gasteiger charge is -2.36. The number of esters is 1. The standard InChI is InChI=1S/C16H20ClF3O4/c1-5-24-13(21)15(22,16(18,19)20)9-14(2,3)11-7-6-10(23-4)8-12(11)17/h6-8,22H,5,9H2,1-4H3. The minimum Gasteiger partial charge on any atom is -0.497 e. The minimum absolute atomic E-state index is 0.174. The molecule has 0 aliphatic rings. The summed E-state index contributed by atoms with van der Waals surface area (Å²) in [5.41, 5.74) is -4.55. The number of hydrogen-bond acceptors (Lipinski definition) is 4. The molecule has 0 amide bonds. The molecular weight excluding hydrogens is 349 g/mol. The van der Waals surface area contributed by atoms with E-state index in [2.05, 4.69) is 4.74 Å². The van der Waals surface area contributed by atoms with Crippen LogP contribution in [-0.2, 0) is 14.9 Å². The monoisotopic (exact) mass is 368 g/mol. The van der Waals surface area contributed by atoms with Crippen LogP contribution < -0.4 is 4.74 Å². The summed E-state index contributed by atoms with van der Waals surface area (Å²) in [5.74, 6) is -1.29. The summed E-state index contributed by atoms with van der Waals surface area (Å²) in [4.78, 5) is 11.8. The van der Waals surface area contributed by atoms with Crippen molar-refractivity contribution in [3.63, 3.8) is 0 Å². The number of aliphatic hydroxyl groups is 1. The summed E-state index contributed by atoms with van der Waals surface area (Å²) < 4.78 is 49.4. The van der Waals surface area contributed by atoms with Crippen LogP contribution in [0.5, 0.6) is 5.75 Å². The fourth-order valence-electron chi connectivity index (χ4n) is 2.45. The van der Waals surface area contributed by atoms with Crippen LogP contribution in [0.3, 0.4) is 0 Å². The summed E-state index contributed by atoms with van der Waals surface area (Å²) in [7, 11) is 1.43. The van der Waals surface area contributed by atoms with Crippen LogP contribution in [0.25, 0.3) is 0 Å². The van der Waals surface area contributed by atoms with Gasteiger partial charge in [0, 0.05) is 11.4 Å². The molecular formula is C16H20ClF3O4. The average Bonchev–Trinajstić information content (AvgIpc) is 2.45. The van der Waals surface area contributed by atoms with E-state index in [1.54, 1.807) is 6.07 Å². The molecule has 1 atom stereocenters. The van der Waals surface area contributed by atoms with Crippen molar-refractivity contribution >= 4 is 17.6 Å². The Kier molecular flexibility index (Phi) is 6.16. The quantitative estimate of drug-likeness (QED) is 0.774. The number of carbonyl (C=O) groups excluding carboxylic acids is 1. The van der Waals surface area contributed by atoms with Gasteiger partial charge in [0.15, 0.2) is 0 Å². The van der Waals surface area contributed by atoms with E-state index in [4.69, 9.17) is 16.3 Å². The predicted molar refractivity (Wildman–Crippen MR) is 83.3 cm³/mol. The van der Waals surface area contributed by atoms with Crippen molar-refractivity contribution in [1.82, 2.24) is 0 Å². The highest BCUT2D eigenvalue weighted by Crippen LogP contribution is 2.44. The van der Waals surface area contributed by atoms with Gasteiger partial charge in [-0.25, -0.2) is 4.79 Å². The Morgan fingerprint density at radius 3 is 2.29 bits per heavy atom. The number of hydrogen-bond donors (Lipinski definition) is 1. The highest BCUT2D eigenvalue weighted by Gasteiger charge is 2.62. The Bertz CT molecular complexity index is 601. The largest absolute Gasteiger partial charge is 0.497 e. The molecule has 24 heavy (non-hydrogen) atoms. The van der Waals surface area contributed by atoms with Crippen molar-refractivity contribution in [2.45, 2.75) is 44.4 Å². The maximum atomic E-state index is 13.3. The van der Waals surface area contributed by atoms with Crippen LogP contribution in [0.4, 0.5) is 13.2 Å². The van der Waals surface area contributed by atoms with Crippen LogP contribution in [0.2, 0.25) is 5.02 Å². The van der Waals surface area contributed by atoms with Gasteiger partial charge in [0.05, 0.1) is 13.7 Å². The smallest absolute Gasteiger partial charge is 0.428 e. The molecule has 0 aliphatic carbocycles. The molecule has 0 radical (unpaired) electrons. The average molecular weight is 369 g/mol. The summed E-state index contributed by atoms with van der Waals surface area (Å²) in [6.45, 7) is 3.99. The van der Waals surface area contributed by atoms with Gasteiger partial charge >= 0.3 is 12.1 Å². The molecule has 0 heterocycles. The van der Waals surface area contributed by atoms with Gasteiger partial charge in [0.25, 0.3) is 5.60 Å². The van der Waals surface area contributed by atoms with Crippen molar-refractivity contribution in [1.29, 1.82) is 0 Å². The summed E-state index contributed by atoms with van der Waals surface area (Å²) in [6.07, 6.45) is -6.12. The van der Waals surface area contributed by atoms with Crippen LogP contribution in [-0.4, -0.2) is 36.6 Å². The normalized spacial score (nSPS) is 14.9. The summed E-state index contributed by atoms with van der Waals surface area (Å²) in [6, 6.07) is 4.50. The first-order chi connectivity index (χ1) is 10.9. The maximum absolute atomic E-state index is 13.3. The minimum atomic E-state index is -5.19. The molecule has 4 nitrogen and oxygen atoms in total. The lowest BCUT2D eigenvalue weighted by Crippen LogP contribution is -2.55. The topological polar surface area (TPSA) is 55.8 Å². The lowest BCUT2D eigenvalue weighted by molar-refractivity contribution is -0.267. The van der Waals surface area contributed by atoms with E-state index in [9.17, 15) is 23.1 Å². The van der Waals surface area contributed by atoms with Crippen molar-refractivity contribution in [3.05, 3.63) is 28.8 Å². The van der Waals surface area contributed by atoms with Gasteiger partial charge in [-0.1, -0.05) is 31.5 Å². The highest BCUT2D eigenvalue weighted by molar-refractivity contribution is 6.31. The molecule has 0 saturated carbocycles. The van der Waals surface area contributed by atoms with Crippen molar-refractivity contribution in [2.75, 3.05) is 13.7 Å². The summed E-state index contributed by atoms with van der Waals surface area (Å²) >= 11 is 6.12. The molecule has 1 unspecified atom stereocenters. The van der Waals surface area contributed by atoms with E-state index in [1.165, 1.54) is 40.0 Å². The fraction of sp³-hybridized carbons (Fsp3) is 0.562. The molecule has 8 heteroatoms. The third-order valence-corrected chi connectivity index (χ3v) is 4.00. The number of rotatable bonds is 6. The Balaban J connectivity index is 3.28. The van der Waals surface area contributed by atoms with Crippen LogP contribution in [0.15, 0.2) is 18.2 Å². The van der Waals surface area contributed by atoms with Crippen molar-refractivity contribution in [2.24, 2.45) is 0 Å². The highest BCUT2D eigenvalue weighted by atomic mass is 35.5. The zero-order valence-corrected chi connectivity index (χ0v) is 14.6. The predicted octanol–water partition coefficient (Wildman–Crippen LogP) is 3.87. The Morgan fingerprint density at radius 1 is 1.29 bits per heavy atom. The van der Waals surface area contributed by atoms with Gasteiger partial charge in [-0.15, -0.1) is 0 Å². The molecule has 0 saturated heterocycles. The van der Waals surface area contributed by atoms with Crippen LogP contribution >= 0.6 is 11.6 Å². The second-order valence-corrected chi connectivity index (χ2v) is 6.39. The molecule has 1 rings (SSSR count). The number of ether oxygens (including phenoxy) is 2. The van der Waals surface area contributed by atoms with E-state index < -0.39 is 29.6 Å². The van der Waals surface area contributed by atoms with E-state index in [1.807, 2.05) is 0 Å². The Labute approximate surface area is 143 Å². The van der Waals surface area contributed by atoms with E-state index >= 15 is 0 Å². The second-order valence-electron chi connectivity index (χ2n) is 5.98. The fourth-order valence-corrected chi connectivity index (χ4v) is 2.87. The number of methoxy groups -OCH3 is 1. The van der Waals surface area contributed by atoms with Gasteiger partial charge in [-0.05, 0) is 30.0 Å². The third kappa shape index (κ3) is 4.13. The summed E-state index contributed by atoms with van der Waals surface area (Å²) in [5, 5.41) is 10.2. The molecule has 0 aromatic heterocycles. The SMILES string of the molecule is CCOC(=O)C(O)(CC(C)(C)c1ccc(OC)cc1Cl)C(F)(F)F. The zero-order chi connectivity index (χ0) is 18.8. The first-order valence-corrected chi connectivity index (χ1v) is 7.57. The van der Waals surface area contributed by atoms with E-state index in [-0.39, 0.29) is 11.6 Å². The lowest BCUT2D eigenvalue weighted by atomic mass is 9.74. The molecule has 1 aromatic rings. The molecule has 0 aliphatic heterocycles. The van der Waals surface area contributed by atoms with Crippen LogP contribution in [0.1, 0.15) is 32.8 Å². The molecule has 0 bridgehead atoms. The first kappa shape index (κ1) is 20.6. The van der Waals surface area contributed by atoms with Gasteiger partial charge in [-0.2, -0.15) is 13.2 Å². The number of benzene rings is 1. The van der Waals surface area contributed by atoms with Gasteiger partial charge in [0.1, 0.15) is 5.75 Å². The molecule has 1 N–H and O–H groups in total. The maximum Gasteiger partial charge on any atom is 0.428 e. The Hall–Kier alpha value is -1.47. The number of halogens is 4. The van der Waals surface area contributed by atoms with Gasteiger partial charge < -0.3 is 14.6 Å². The zero-order valence-electron chi connectivity index (χ0n) is 13.8. The molecule has 1 aromatic carbocycles. The van der Waals surface area contributed by atoms with Gasteiger partial charge in [0.2, 0.25) is 0 Å². The van der Waals surface area contributed by atoms with Crippen molar-refractivity contribution < 1.29 is 32.5 Å². The molecule has 136 valence electrons. The third-order valence-electron chi connectivity index (χ3n) is 3.69. The van der Waals surface area contributed by atoms with E-state index in [0.717, 1.165) is 0 Å². The number of carbonyl (C=O) groups is 1.